The maximum atomic E-state index is 12.0. The summed E-state index contributed by atoms with van der Waals surface area (Å²) in [6.45, 7) is 6.86. The molecule has 0 saturated carbocycles. The second-order valence-electron chi connectivity index (χ2n) is 6.77. The number of hydrogen-bond acceptors (Lipinski definition) is 3. The molecular weight excluding hydrogens is 326 g/mol. The van der Waals surface area contributed by atoms with Crippen molar-refractivity contribution in [2.75, 3.05) is 33.2 Å². The third kappa shape index (κ3) is 7.44. The van der Waals surface area contributed by atoms with Gasteiger partial charge in [-0.25, -0.2) is 0 Å². The number of nitrogens with zero attached hydrogens (tertiary/aromatic N) is 2. The molecule has 0 spiro atoms. The Morgan fingerprint density at radius 1 is 1.19 bits per heavy atom. The summed E-state index contributed by atoms with van der Waals surface area (Å²) in [7, 11) is 1.77. The molecule has 1 aliphatic heterocycles. The number of guanidine groups is 1. The van der Waals surface area contributed by atoms with E-state index < -0.39 is 0 Å². The highest BCUT2D eigenvalue weighted by Gasteiger charge is 2.19. The molecule has 1 saturated heterocycles. The zero-order valence-electron chi connectivity index (χ0n) is 16.1. The lowest BCUT2D eigenvalue weighted by Crippen LogP contribution is -2.49. The Morgan fingerprint density at radius 2 is 1.92 bits per heavy atom. The molecule has 26 heavy (non-hydrogen) atoms. The molecule has 1 aliphatic rings. The molecule has 144 valence electrons. The smallest absolute Gasteiger partial charge is 0.222 e. The first-order valence-electron chi connectivity index (χ1n) is 9.71. The van der Waals surface area contributed by atoms with Gasteiger partial charge in [0, 0.05) is 45.7 Å². The molecule has 1 aromatic rings. The van der Waals surface area contributed by atoms with E-state index in [1.165, 1.54) is 13.0 Å². The predicted octanol–water partition coefficient (Wildman–Crippen LogP) is 1.73. The standard InChI is InChI=1S/C20H33N5O/c1-3-13-25-14-10-18(11-15-25)24-20(21-2)22-12-9-19(26)23-16-17-7-5-4-6-8-17/h4-8,18H,3,9-16H2,1-2H3,(H,23,26)(H2,21,22,24). The van der Waals surface area contributed by atoms with Crippen molar-refractivity contribution in [2.24, 2.45) is 4.99 Å². The van der Waals surface area contributed by atoms with Gasteiger partial charge in [-0.3, -0.25) is 9.79 Å². The summed E-state index contributed by atoms with van der Waals surface area (Å²) in [5.74, 6) is 0.833. The molecule has 1 fully saturated rings. The Morgan fingerprint density at radius 3 is 2.58 bits per heavy atom. The average molecular weight is 360 g/mol. The van der Waals surface area contributed by atoms with Crippen LogP contribution in [0.2, 0.25) is 0 Å². The zero-order valence-corrected chi connectivity index (χ0v) is 16.1. The van der Waals surface area contributed by atoms with Crippen molar-refractivity contribution in [3.05, 3.63) is 35.9 Å². The van der Waals surface area contributed by atoms with E-state index in [0.717, 1.165) is 37.5 Å². The summed E-state index contributed by atoms with van der Waals surface area (Å²) >= 11 is 0. The van der Waals surface area contributed by atoms with Gasteiger partial charge in [-0.2, -0.15) is 0 Å². The molecule has 1 aromatic carbocycles. The van der Waals surface area contributed by atoms with Gasteiger partial charge in [0.1, 0.15) is 0 Å². The third-order valence-corrected chi connectivity index (χ3v) is 4.67. The summed E-state index contributed by atoms with van der Waals surface area (Å²) in [6, 6.07) is 10.4. The maximum absolute atomic E-state index is 12.0. The molecule has 0 radical (unpaired) electrons. The normalized spacial score (nSPS) is 16.3. The van der Waals surface area contributed by atoms with Crippen LogP contribution in [0.5, 0.6) is 0 Å². The van der Waals surface area contributed by atoms with Crippen molar-refractivity contribution in [3.63, 3.8) is 0 Å². The van der Waals surface area contributed by atoms with Gasteiger partial charge in [0.2, 0.25) is 5.91 Å². The largest absolute Gasteiger partial charge is 0.356 e. The maximum Gasteiger partial charge on any atom is 0.222 e. The minimum absolute atomic E-state index is 0.0460. The quantitative estimate of drug-likeness (QED) is 0.488. The molecule has 2 rings (SSSR count). The lowest BCUT2D eigenvalue weighted by Gasteiger charge is -2.32. The van der Waals surface area contributed by atoms with Gasteiger partial charge in [0.25, 0.3) is 0 Å². The Labute approximate surface area is 157 Å². The van der Waals surface area contributed by atoms with E-state index in [1.807, 2.05) is 30.3 Å². The van der Waals surface area contributed by atoms with Crippen LogP contribution >= 0.6 is 0 Å². The number of rotatable bonds is 8. The molecule has 6 heteroatoms. The molecule has 6 nitrogen and oxygen atoms in total. The Bertz CT molecular complexity index is 553. The lowest BCUT2D eigenvalue weighted by molar-refractivity contribution is -0.121. The van der Waals surface area contributed by atoms with E-state index in [9.17, 15) is 4.79 Å². The minimum Gasteiger partial charge on any atom is -0.356 e. The van der Waals surface area contributed by atoms with Crippen LogP contribution in [0.3, 0.4) is 0 Å². The number of carbonyl (C=O) groups is 1. The highest BCUT2D eigenvalue weighted by molar-refractivity contribution is 5.81. The minimum atomic E-state index is 0.0460. The first kappa shape index (κ1) is 20.2. The van der Waals surface area contributed by atoms with Crippen molar-refractivity contribution < 1.29 is 4.79 Å². The van der Waals surface area contributed by atoms with E-state index in [1.54, 1.807) is 7.05 Å². The van der Waals surface area contributed by atoms with Crippen LogP contribution in [0.1, 0.15) is 38.2 Å². The van der Waals surface area contributed by atoms with E-state index in [2.05, 4.69) is 32.8 Å². The number of aliphatic imine (C=N–C) groups is 1. The number of carbonyl (C=O) groups excluding carboxylic acids is 1. The highest BCUT2D eigenvalue weighted by atomic mass is 16.1. The van der Waals surface area contributed by atoms with Crippen molar-refractivity contribution in [2.45, 2.75) is 45.2 Å². The molecule has 3 N–H and O–H groups in total. The van der Waals surface area contributed by atoms with Crippen LogP contribution in [0.25, 0.3) is 0 Å². The van der Waals surface area contributed by atoms with Crippen LogP contribution in [0.15, 0.2) is 35.3 Å². The van der Waals surface area contributed by atoms with Crippen molar-refractivity contribution in [1.82, 2.24) is 20.9 Å². The average Bonchev–Trinajstić information content (AvgIpc) is 2.68. The number of amides is 1. The topological polar surface area (TPSA) is 68.8 Å². The van der Waals surface area contributed by atoms with E-state index in [-0.39, 0.29) is 5.91 Å². The predicted molar refractivity (Wildman–Crippen MR) is 107 cm³/mol. The number of likely N-dealkylation sites (tertiary alicyclic amines) is 1. The Kier molecular flexibility index (Phi) is 8.96. The Hall–Kier alpha value is -2.08. The number of benzene rings is 1. The Balaban J connectivity index is 1.60. The van der Waals surface area contributed by atoms with Gasteiger partial charge in [-0.1, -0.05) is 37.3 Å². The summed E-state index contributed by atoms with van der Waals surface area (Å²) in [6.07, 6.45) is 3.92. The SMILES string of the molecule is CCCN1CCC(NC(=NC)NCCC(=O)NCc2ccccc2)CC1. The second-order valence-corrected chi connectivity index (χ2v) is 6.77. The summed E-state index contributed by atoms with van der Waals surface area (Å²) < 4.78 is 0. The fourth-order valence-corrected chi connectivity index (χ4v) is 3.18. The van der Waals surface area contributed by atoms with Crippen molar-refractivity contribution in [3.8, 4) is 0 Å². The molecule has 0 aliphatic carbocycles. The van der Waals surface area contributed by atoms with Crippen LogP contribution in [-0.4, -0.2) is 56.0 Å². The van der Waals surface area contributed by atoms with Gasteiger partial charge >= 0.3 is 0 Å². The number of hydrogen-bond donors (Lipinski definition) is 3. The van der Waals surface area contributed by atoms with Crippen molar-refractivity contribution >= 4 is 11.9 Å². The van der Waals surface area contributed by atoms with Gasteiger partial charge < -0.3 is 20.9 Å². The molecule has 0 aromatic heterocycles. The lowest BCUT2D eigenvalue weighted by atomic mass is 10.1. The molecule has 0 bridgehead atoms. The summed E-state index contributed by atoms with van der Waals surface area (Å²) in [5, 5.41) is 9.67. The highest BCUT2D eigenvalue weighted by Crippen LogP contribution is 2.10. The number of nitrogens with one attached hydrogen (secondary N) is 3. The second kappa shape index (κ2) is 11.5. The molecule has 1 amide bonds. The first-order chi connectivity index (χ1) is 12.7. The number of piperidine rings is 1. The van der Waals surface area contributed by atoms with Gasteiger partial charge in [0.05, 0.1) is 0 Å². The van der Waals surface area contributed by atoms with Crippen LogP contribution in [0.4, 0.5) is 0 Å². The summed E-state index contributed by atoms with van der Waals surface area (Å²) in [4.78, 5) is 18.8. The van der Waals surface area contributed by atoms with Crippen molar-refractivity contribution in [1.29, 1.82) is 0 Å². The van der Waals surface area contributed by atoms with E-state index in [0.29, 0.717) is 25.6 Å². The first-order valence-corrected chi connectivity index (χ1v) is 9.71. The molecule has 1 heterocycles. The van der Waals surface area contributed by atoms with Gasteiger partial charge in [-0.05, 0) is 31.4 Å². The monoisotopic (exact) mass is 359 g/mol. The van der Waals surface area contributed by atoms with Gasteiger partial charge in [-0.15, -0.1) is 0 Å². The third-order valence-electron chi connectivity index (χ3n) is 4.67. The molecule has 0 unspecified atom stereocenters. The summed E-state index contributed by atoms with van der Waals surface area (Å²) in [5.41, 5.74) is 1.11. The molecule has 0 atom stereocenters. The van der Waals surface area contributed by atoms with Crippen LogP contribution in [0, 0.1) is 0 Å². The van der Waals surface area contributed by atoms with E-state index >= 15 is 0 Å². The van der Waals surface area contributed by atoms with Crippen LogP contribution in [-0.2, 0) is 11.3 Å². The zero-order chi connectivity index (χ0) is 18.6. The van der Waals surface area contributed by atoms with E-state index in [4.69, 9.17) is 0 Å². The van der Waals surface area contributed by atoms with Crippen LogP contribution < -0.4 is 16.0 Å². The van der Waals surface area contributed by atoms with Gasteiger partial charge in [0.15, 0.2) is 5.96 Å². The fraction of sp³-hybridized carbons (Fsp3) is 0.600. The molecular formula is C20H33N5O. The fourth-order valence-electron chi connectivity index (χ4n) is 3.18.